The van der Waals surface area contributed by atoms with Gasteiger partial charge in [0, 0.05) is 12.6 Å². The highest BCUT2D eigenvalue weighted by Crippen LogP contribution is 2.33. The van der Waals surface area contributed by atoms with Gasteiger partial charge in [0.2, 0.25) is 5.91 Å². The molecule has 112 valence electrons. The Kier molecular flexibility index (Phi) is 4.37. The van der Waals surface area contributed by atoms with Crippen molar-refractivity contribution in [1.29, 1.82) is 0 Å². The fraction of sp³-hybridized carbons (Fsp3) is 0.385. The Balaban J connectivity index is 2.38. The van der Waals surface area contributed by atoms with Crippen molar-refractivity contribution in [3.8, 4) is 0 Å². The van der Waals surface area contributed by atoms with Crippen LogP contribution in [0.15, 0.2) is 12.1 Å². The first-order chi connectivity index (χ1) is 9.92. The first kappa shape index (κ1) is 15.2. The molecule has 0 aliphatic rings. The van der Waals surface area contributed by atoms with Gasteiger partial charge in [0.15, 0.2) is 0 Å². The van der Waals surface area contributed by atoms with Crippen LogP contribution in [0.5, 0.6) is 0 Å². The second-order valence-corrected chi connectivity index (χ2v) is 5.82. The summed E-state index contributed by atoms with van der Waals surface area (Å²) in [7, 11) is 0. The molecule has 0 aliphatic heterocycles. The van der Waals surface area contributed by atoms with Gasteiger partial charge in [-0.1, -0.05) is 0 Å². The van der Waals surface area contributed by atoms with Crippen LogP contribution >= 0.6 is 11.3 Å². The lowest BCUT2D eigenvalue weighted by Crippen LogP contribution is -2.37. The van der Waals surface area contributed by atoms with Crippen LogP contribution in [0.25, 0.3) is 10.2 Å². The number of carbonyl (C=O) groups is 1. The quantitative estimate of drug-likeness (QED) is 0.653. The summed E-state index contributed by atoms with van der Waals surface area (Å²) in [5, 5.41) is 17.6. The van der Waals surface area contributed by atoms with E-state index in [-0.39, 0.29) is 11.6 Å². The van der Waals surface area contributed by atoms with Crippen LogP contribution in [-0.2, 0) is 4.79 Å². The van der Waals surface area contributed by atoms with Crippen molar-refractivity contribution >= 4 is 38.8 Å². The number of nitrogens with zero attached hydrogens (tertiary/aromatic N) is 2. The Bertz CT molecular complexity index is 698. The van der Waals surface area contributed by atoms with E-state index in [2.05, 4.69) is 15.6 Å². The number of hydrogen-bond donors (Lipinski definition) is 2. The zero-order valence-electron chi connectivity index (χ0n) is 12.0. The number of nitro benzene ring substituents is 1. The van der Waals surface area contributed by atoms with Crippen molar-refractivity contribution in [2.75, 3.05) is 11.9 Å². The fourth-order valence-electron chi connectivity index (χ4n) is 1.97. The standard InChI is InChI=1S/C13H16N4O3S/c1-4-14-13(18)7(2)15-9-5-10-12(21-8(3)16-10)6-11(9)17(19)20/h5-7,15H,4H2,1-3H3,(H,14,18). The van der Waals surface area contributed by atoms with Crippen LogP contribution < -0.4 is 10.6 Å². The van der Waals surface area contributed by atoms with Crippen LogP contribution in [0, 0.1) is 17.0 Å². The van der Waals surface area contributed by atoms with Crippen molar-refractivity contribution in [2.45, 2.75) is 26.8 Å². The molecule has 0 saturated carbocycles. The average Bonchev–Trinajstić information content (AvgIpc) is 2.76. The van der Waals surface area contributed by atoms with Crippen molar-refractivity contribution in [1.82, 2.24) is 10.3 Å². The summed E-state index contributed by atoms with van der Waals surface area (Å²) in [6.07, 6.45) is 0. The topological polar surface area (TPSA) is 97.2 Å². The van der Waals surface area contributed by atoms with E-state index in [1.54, 1.807) is 13.0 Å². The summed E-state index contributed by atoms with van der Waals surface area (Å²) < 4.78 is 0.760. The zero-order valence-corrected chi connectivity index (χ0v) is 12.8. The van der Waals surface area contributed by atoms with Gasteiger partial charge in [0.05, 0.1) is 20.1 Å². The summed E-state index contributed by atoms with van der Waals surface area (Å²) >= 11 is 1.40. The molecule has 0 aliphatic carbocycles. The lowest BCUT2D eigenvalue weighted by Gasteiger charge is -2.14. The molecule has 2 aromatic rings. The number of hydrogen-bond acceptors (Lipinski definition) is 6. The van der Waals surface area contributed by atoms with E-state index >= 15 is 0 Å². The molecule has 1 aromatic carbocycles. The third-order valence-corrected chi connectivity index (χ3v) is 3.86. The molecule has 0 spiro atoms. The zero-order chi connectivity index (χ0) is 15.6. The molecule has 2 rings (SSSR count). The summed E-state index contributed by atoms with van der Waals surface area (Å²) in [6.45, 7) is 5.83. The first-order valence-electron chi connectivity index (χ1n) is 6.52. The normalized spacial score (nSPS) is 12.1. The molecule has 8 heteroatoms. The highest BCUT2D eigenvalue weighted by Gasteiger charge is 2.20. The Morgan fingerprint density at radius 2 is 2.24 bits per heavy atom. The Morgan fingerprint density at radius 3 is 2.86 bits per heavy atom. The third kappa shape index (κ3) is 3.27. The number of carbonyl (C=O) groups excluding carboxylic acids is 1. The molecule has 0 radical (unpaired) electrons. The minimum Gasteiger partial charge on any atom is -0.368 e. The van der Waals surface area contributed by atoms with Gasteiger partial charge in [-0.3, -0.25) is 14.9 Å². The molecule has 1 heterocycles. The third-order valence-electron chi connectivity index (χ3n) is 2.93. The molecule has 1 aromatic heterocycles. The van der Waals surface area contributed by atoms with E-state index in [0.717, 1.165) is 9.71 Å². The van der Waals surface area contributed by atoms with Gasteiger partial charge in [-0.05, 0) is 26.8 Å². The molecule has 0 saturated heterocycles. The lowest BCUT2D eigenvalue weighted by atomic mass is 10.2. The van der Waals surface area contributed by atoms with Crippen molar-refractivity contribution in [2.24, 2.45) is 0 Å². The van der Waals surface area contributed by atoms with Gasteiger partial charge in [-0.15, -0.1) is 11.3 Å². The van der Waals surface area contributed by atoms with Crippen LogP contribution in [0.3, 0.4) is 0 Å². The minimum absolute atomic E-state index is 0.0534. The van der Waals surface area contributed by atoms with Gasteiger partial charge in [-0.2, -0.15) is 0 Å². The number of aromatic nitrogens is 1. The van der Waals surface area contributed by atoms with Gasteiger partial charge in [-0.25, -0.2) is 4.98 Å². The maximum absolute atomic E-state index is 11.7. The second kappa shape index (κ2) is 6.04. The van der Waals surface area contributed by atoms with Crippen LogP contribution in [-0.4, -0.2) is 28.4 Å². The molecule has 1 unspecified atom stereocenters. The average molecular weight is 308 g/mol. The van der Waals surface area contributed by atoms with E-state index in [0.29, 0.717) is 17.7 Å². The number of benzene rings is 1. The largest absolute Gasteiger partial charge is 0.368 e. The maximum atomic E-state index is 11.7. The number of rotatable bonds is 5. The van der Waals surface area contributed by atoms with Crippen molar-refractivity contribution < 1.29 is 9.72 Å². The van der Waals surface area contributed by atoms with Crippen molar-refractivity contribution in [3.63, 3.8) is 0 Å². The van der Waals surface area contributed by atoms with Gasteiger partial charge in [0.1, 0.15) is 11.7 Å². The SMILES string of the molecule is CCNC(=O)C(C)Nc1cc2nc(C)sc2cc1[N+](=O)[O-]. The number of thiazole rings is 1. The Morgan fingerprint density at radius 1 is 1.52 bits per heavy atom. The van der Waals surface area contributed by atoms with Crippen LogP contribution in [0.2, 0.25) is 0 Å². The van der Waals surface area contributed by atoms with Gasteiger partial charge in [0.25, 0.3) is 5.69 Å². The maximum Gasteiger partial charge on any atom is 0.293 e. The molecule has 1 amide bonds. The van der Waals surface area contributed by atoms with Crippen LogP contribution in [0.1, 0.15) is 18.9 Å². The number of aryl methyl sites for hydroxylation is 1. The molecule has 0 fully saturated rings. The van der Waals surface area contributed by atoms with Crippen molar-refractivity contribution in [3.05, 3.63) is 27.3 Å². The lowest BCUT2D eigenvalue weighted by molar-refractivity contribution is -0.383. The van der Waals surface area contributed by atoms with Crippen LogP contribution in [0.4, 0.5) is 11.4 Å². The molecular weight excluding hydrogens is 292 g/mol. The number of likely N-dealkylation sites (N-methyl/N-ethyl adjacent to an activating group) is 1. The summed E-state index contributed by atoms with van der Waals surface area (Å²) in [5.74, 6) is -0.207. The number of nitro groups is 1. The molecule has 2 N–H and O–H groups in total. The summed E-state index contributed by atoms with van der Waals surface area (Å²) in [5.41, 5.74) is 0.938. The summed E-state index contributed by atoms with van der Waals surface area (Å²) in [4.78, 5) is 26.8. The number of fused-ring (bicyclic) bond motifs is 1. The Labute approximate surface area is 125 Å². The number of anilines is 1. The second-order valence-electron chi connectivity index (χ2n) is 4.59. The molecule has 0 bridgehead atoms. The summed E-state index contributed by atoms with van der Waals surface area (Å²) in [6, 6.07) is 2.54. The van der Waals surface area contributed by atoms with E-state index in [1.807, 2.05) is 13.8 Å². The Hall–Kier alpha value is -2.22. The fourth-order valence-corrected chi connectivity index (χ4v) is 2.81. The monoisotopic (exact) mass is 308 g/mol. The number of amides is 1. The smallest absolute Gasteiger partial charge is 0.293 e. The van der Waals surface area contributed by atoms with E-state index in [4.69, 9.17) is 0 Å². The predicted molar refractivity (Wildman–Crippen MR) is 82.8 cm³/mol. The molecule has 1 atom stereocenters. The molecule has 21 heavy (non-hydrogen) atoms. The molecule has 7 nitrogen and oxygen atoms in total. The van der Waals surface area contributed by atoms with E-state index in [1.165, 1.54) is 17.4 Å². The predicted octanol–water partition coefficient (Wildman–Crippen LogP) is 2.45. The van der Waals surface area contributed by atoms with E-state index < -0.39 is 11.0 Å². The van der Waals surface area contributed by atoms with Gasteiger partial charge >= 0.3 is 0 Å². The molecular formula is C13H16N4O3S. The highest BCUT2D eigenvalue weighted by atomic mass is 32.1. The highest BCUT2D eigenvalue weighted by molar-refractivity contribution is 7.18. The van der Waals surface area contributed by atoms with Gasteiger partial charge < -0.3 is 10.6 Å². The first-order valence-corrected chi connectivity index (χ1v) is 7.33. The minimum atomic E-state index is -0.569. The number of nitrogens with one attached hydrogen (secondary N) is 2. The van der Waals surface area contributed by atoms with E-state index in [9.17, 15) is 14.9 Å².